The molecule has 1 aliphatic heterocycles. The molecule has 2 aromatic rings. The summed E-state index contributed by atoms with van der Waals surface area (Å²) in [6, 6.07) is 5.26. The van der Waals surface area contributed by atoms with Crippen LogP contribution in [0.4, 0.5) is 11.5 Å². The Labute approximate surface area is 128 Å². The molecule has 0 bridgehead atoms. The van der Waals surface area contributed by atoms with Gasteiger partial charge < -0.3 is 10.2 Å². The maximum absolute atomic E-state index is 12.3. The Kier molecular flexibility index (Phi) is 4.01. The second kappa shape index (κ2) is 6.10. The van der Waals surface area contributed by atoms with E-state index in [1.54, 1.807) is 18.5 Å². The summed E-state index contributed by atoms with van der Waals surface area (Å²) in [7, 11) is 0. The lowest BCUT2D eigenvalue weighted by Crippen LogP contribution is -2.22. The molecule has 0 spiro atoms. The van der Waals surface area contributed by atoms with Crippen LogP contribution in [0, 0.1) is 0 Å². The van der Waals surface area contributed by atoms with Gasteiger partial charge in [-0.2, -0.15) is 0 Å². The van der Waals surface area contributed by atoms with Crippen LogP contribution in [0.2, 0.25) is 5.02 Å². The van der Waals surface area contributed by atoms with Gasteiger partial charge in [0.15, 0.2) is 5.82 Å². The third kappa shape index (κ3) is 2.97. The van der Waals surface area contributed by atoms with Crippen LogP contribution >= 0.6 is 11.6 Å². The van der Waals surface area contributed by atoms with Crippen LogP contribution in [0.5, 0.6) is 0 Å². The minimum absolute atomic E-state index is 0.254. The summed E-state index contributed by atoms with van der Waals surface area (Å²) in [5.41, 5.74) is 1.11. The fraction of sp³-hybridized carbons (Fsp3) is 0.267. The summed E-state index contributed by atoms with van der Waals surface area (Å²) in [6.07, 6.45) is 7.05. The molecule has 1 aliphatic rings. The summed E-state index contributed by atoms with van der Waals surface area (Å²) in [4.78, 5) is 22.8. The Morgan fingerprint density at radius 2 is 2.05 bits per heavy atom. The highest BCUT2D eigenvalue weighted by Gasteiger charge is 2.19. The van der Waals surface area contributed by atoms with Crippen molar-refractivity contribution >= 4 is 29.0 Å². The molecule has 108 valence electrons. The fourth-order valence-electron chi connectivity index (χ4n) is 2.42. The summed E-state index contributed by atoms with van der Waals surface area (Å²) < 4.78 is 0. The average molecular weight is 303 g/mol. The molecule has 21 heavy (non-hydrogen) atoms. The zero-order valence-corrected chi connectivity index (χ0v) is 12.2. The van der Waals surface area contributed by atoms with Crippen LogP contribution in [0.3, 0.4) is 0 Å². The monoisotopic (exact) mass is 302 g/mol. The maximum Gasteiger partial charge on any atom is 0.257 e. The number of nitrogens with zero attached hydrogens (tertiary/aromatic N) is 3. The number of halogens is 1. The Morgan fingerprint density at radius 3 is 2.81 bits per heavy atom. The highest BCUT2D eigenvalue weighted by atomic mass is 35.5. The van der Waals surface area contributed by atoms with Crippen LogP contribution in [-0.2, 0) is 0 Å². The van der Waals surface area contributed by atoms with Crippen molar-refractivity contribution in [2.45, 2.75) is 12.8 Å². The molecule has 2 aromatic heterocycles. The normalized spacial score (nSPS) is 14.2. The number of carbonyl (C=O) groups excluding carboxylic acids is 1. The number of anilines is 2. The molecule has 0 radical (unpaired) electrons. The number of aromatic nitrogens is 2. The summed E-state index contributed by atoms with van der Waals surface area (Å²) in [5.74, 6) is 0.560. The molecule has 0 aromatic carbocycles. The van der Waals surface area contributed by atoms with Gasteiger partial charge in [-0.15, -0.1) is 0 Å². The first-order valence-corrected chi connectivity index (χ1v) is 7.24. The van der Waals surface area contributed by atoms with Crippen molar-refractivity contribution in [3.05, 3.63) is 47.4 Å². The molecular formula is C15H15ClN4O. The Morgan fingerprint density at radius 1 is 1.24 bits per heavy atom. The molecule has 5 nitrogen and oxygen atoms in total. The number of amides is 1. The number of hydrogen-bond donors (Lipinski definition) is 1. The molecular weight excluding hydrogens is 288 g/mol. The quantitative estimate of drug-likeness (QED) is 0.947. The number of rotatable bonds is 3. The van der Waals surface area contributed by atoms with Crippen LogP contribution in [0.1, 0.15) is 23.2 Å². The second-order valence-electron chi connectivity index (χ2n) is 4.88. The van der Waals surface area contributed by atoms with E-state index < -0.39 is 0 Å². The van der Waals surface area contributed by atoms with Crippen LogP contribution in [-0.4, -0.2) is 29.0 Å². The lowest BCUT2D eigenvalue weighted by molar-refractivity contribution is 0.102. The van der Waals surface area contributed by atoms with Gasteiger partial charge >= 0.3 is 0 Å². The zero-order valence-electron chi connectivity index (χ0n) is 11.4. The zero-order chi connectivity index (χ0) is 14.7. The van der Waals surface area contributed by atoms with Crippen LogP contribution < -0.4 is 10.2 Å². The van der Waals surface area contributed by atoms with Crippen LogP contribution in [0.25, 0.3) is 0 Å². The van der Waals surface area contributed by atoms with Crippen LogP contribution in [0.15, 0.2) is 36.8 Å². The van der Waals surface area contributed by atoms with E-state index in [9.17, 15) is 4.79 Å². The lowest BCUT2D eigenvalue weighted by atomic mass is 10.2. The van der Waals surface area contributed by atoms with Gasteiger partial charge in [-0.05, 0) is 31.0 Å². The minimum Gasteiger partial charge on any atom is -0.355 e. The third-order valence-electron chi connectivity index (χ3n) is 3.46. The molecule has 1 fully saturated rings. The first-order chi connectivity index (χ1) is 10.3. The molecule has 0 atom stereocenters. The third-order valence-corrected chi connectivity index (χ3v) is 3.76. The molecule has 1 N–H and O–H groups in total. The predicted molar refractivity (Wildman–Crippen MR) is 82.9 cm³/mol. The molecule has 6 heteroatoms. The smallest absolute Gasteiger partial charge is 0.257 e. The lowest BCUT2D eigenvalue weighted by Gasteiger charge is -2.20. The van der Waals surface area contributed by atoms with E-state index in [4.69, 9.17) is 11.6 Å². The maximum atomic E-state index is 12.3. The van der Waals surface area contributed by atoms with Crippen molar-refractivity contribution in [2.24, 2.45) is 0 Å². The van der Waals surface area contributed by atoms with E-state index in [1.807, 2.05) is 12.1 Å². The van der Waals surface area contributed by atoms with Crippen molar-refractivity contribution in [1.29, 1.82) is 0 Å². The van der Waals surface area contributed by atoms with Gasteiger partial charge in [-0.1, -0.05) is 11.6 Å². The van der Waals surface area contributed by atoms with Crippen molar-refractivity contribution in [2.75, 3.05) is 23.3 Å². The van der Waals surface area contributed by atoms with Gasteiger partial charge in [0.1, 0.15) is 0 Å². The Balaban J connectivity index is 1.85. The van der Waals surface area contributed by atoms with Gasteiger partial charge in [0.25, 0.3) is 5.91 Å². The summed E-state index contributed by atoms with van der Waals surface area (Å²) in [6.45, 7) is 1.94. The highest BCUT2D eigenvalue weighted by Crippen LogP contribution is 2.27. The first kappa shape index (κ1) is 13.8. The standard InChI is InChI=1S/C15H15ClN4O/c16-12-10-17-7-5-11(12)15(21)19-13-4-3-6-18-14(13)20-8-1-2-9-20/h3-7,10H,1-2,8-9H2,(H,19,21). The summed E-state index contributed by atoms with van der Waals surface area (Å²) in [5, 5.41) is 3.22. The highest BCUT2D eigenvalue weighted by molar-refractivity contribution is 6.34. The number of carbonyl (C=O) groups is 1. The van der Waals surface area contributed by atoms with E-state index >= 15 is 0 Å². The average Bonchev–Trinajstić information content (AvgIpc) is 3.02. The summed E-state index contributed by atoms with van der Waals surface area (Å²) >= 11 is 6.00. The minimum atomic E-state index is -0.254. The van der Waals surface area contributed by atoms with E-state index in [0.29, 0.717) is 16.3 Å². The number of pyridine rings is 2. The van der Waals surface area contributed by atoms with E-state index in [1.165, 1.54) is 6.20 Å². The first-order valence-electron chi connectivity index (χ1n) is 6.86. The van der Waals surface area contributed by atoms with Gasteiger partial charge in [0.2, 0.25) is 0 Å². The SMILES string of the molecule is O=C(Nc1cccnc1N1CCCC1)c1ccncc1Cl. The van der Waals surface area contributed by atoms with Gasteiger partial charge in [-0.25, -0.2) is 4.98 Å². The molecule has 0 unspecified atom stereocenters. The molecule has 3 rings (SSSR count). The predicted octanol–water partition coefficient (Wildman–Crippen LogP) is 2.98. The van der Waals surface area contributed by atoms with E-state index in [0.717, 1.165) is 31.7 Å². The molecule has 3 heterocycles. The van der Waals surface area contributed by atoms with Crippen molar-refractivity contribution in [1.82, 2.24) is 9.97 Å². The molecule has 1 amide bonds. The Bertz CT molecular complexity index is 656. The molecule has 1 saturated heterocycles. The second-order valence-corrected chi connectivity index (χ2v) is 5.29. The fourth-order valence-corrected chi connectivity index (χ4v) is 2.63. The van der Waals surface area contributed by atoms with Crippen molar-refractivity contribution in [3.63, 3.8) is 0 Å². The van der Waals surface area contributed by atoms with Crippen molar-refractivity contribution in [3.8, 4) is 0 Å². The van der Waals surface area contributed by atoms with Crippen molar-refractivity contribution < 1.29 is 4.79 Å². The number of hydrogen-bond acceptors (Lipinski definition) is 4. The van der Waals surface area contributed by atoms with E-state index in [2.05, 4.69) is 20.2 Å². The van der Waals surface area contributed by atoms with Gasteiger partial charge in [-0.3, -0.25) is 9.78 Å². The molecule has 0 saturated carbocycles. The van der Waals surface area contributed by atoms with Gasteiger partial charge in [0.05, 0.1) is 16.3 Å². The molecule has 0 aliphatic carbocycles. The Hall–Kier alpha value is -2.14. The van der Waals surface area contributed by atoms with Gasteiger partial charge in [0, 0.05) is 31.7 Å². The topological polar surface area (TPSA) is 58.1 Å². The number of nitrogens with one attached hydrogen (secondary N) is 1. The largest absolute Gasteiger partial charge is 0.355 e. The van der Waals surface area contributed by atoms with E-state index in [-0.39, 0.29) is 5.91 Å².